The predicted octanol–water partition coefficient (Wildman–Crippen LogP) is 2.73. The second kappa shape index (κ2) is 5.22. The van der Waals surface area contributed by atoms with Gasteiger partial charge >= 0.3 is 5.97 Å². The monoisotopic (exact) mass is 190 g/mol. The van der Waals surface area contributed by atoms with E-state index in [1.807, 2.05) is 24.3 Å². The molecule has 0 amide bonds. The summed E-state index contributed by atoms with van der Waals surface area (Å²) in [5, 5.41) is 0. The van der Waals surface area contributed by atoms with Crippen molar-refractivity contribution in [2.75, 3.05) is 0 Å². The Morgan fingerprint density at radius 1 is 1.57 bits per heavy atom. The van der Waals surface area contributed by atoms with Gasteiger partial charge in [-0.2, -0.15) is 0 Å². The Labute approximate surface area is 84.2 Å². The topological polar surface area (TPSA) is 26.3 Å². The fourth-order valence-corrected chi connectivity index (χ4v) is 1.11. The molecule has 0 unspecified atom stereocenters. The van der Waals surface area contributed by atoms with E-state index in [1.165, 1.54) is 0 Å². The molecule has 74 valence electrons. The van der Waals surface area contributed by atoms with Crippen molar-refractivity contribution in [2.24, 2.45) is 0 Å². The summed E-state index contributed by atoms with van der Waals surface area (Å²) in [5.41, 5.74) is 1.10. The molecule has 0 aromatic heterocycles. The molecule has 0 aliphatic rings. The number of rotatable bonds is 4. The van der Waals surface area contributed by atoms with Crippen LogP contribution in [-0.2, 0) is 11.2 Å². The number of carbonyl (C=O) groups is 1. The van der Waals surface area contributed by atoms with Gasteiger partial charge in [0.25, 0.3) is 0 Å². The molecule has 0 aliphatic carbocycles. The number of ether oxygens (including phenoxy) is 1. The van der Waals surface area contributed by atoms with E-state index in [1.54, 1.807) is 13.0 Å². The van der Waals surface area contributed by atoms with Gasteiger partial charge in [-0.05, 0) is 24.1 Å². The van der Waals surface area contributed by atoms with E-state index >= 15 is 0 Å². The van der Waals surface area contributed by atoms with Crippen molar-refractivity contribution in [1.29, 1.82) is 0 Å². The number of allylic oxidation sites excluding steroid dienone is 1. The third-order valence-electron chi connectivity index (χ3n) is 1.80. The van der Waals surface area contributed by atoms with Crippen molar-refractivity contribution < 1.29 is 9.53 Å². The summed E-state index contributed by atoms with van der Waals surface area (Å²) < 4.78 is 5.08. The smallest absolute Gasteiger partial charge is 0.310 e. The number of esters is 1. The second-order valence-corrected chi connectivity index (χ2v) is 2.97. The van der Waals surface area contributed by atoms with Gasteiger partial charge in [0, 0.05) is 6.42 Å². The molecular formula is C12H14O2. The highest BCUT2D eigenvalue weighted by Gasteiger charge is 2.01. The number of hydrogen-bond donors (Lipinski definition) is 0. The molecule has 0 spiro atoms. The van der Waals surface area contributed by atoms with E-state index in [0.717, 1.165) is 12.0 Å². The molecule has 0 fully saturated rings. The third kappa shape index (κ3) is 3.05. The minimum atomic E-state index is -0.208. The van der Waals surface area contributed by atoms with Crippen molar-refractivity contribution >= 4 is 5.97 Å². The van der Waals surface area contributed by atoms with Gasteiger partial charge in [0.15, 0.2) is 0 Å². The Morgan fingerprint density at radius 3 is 3.00 bits per heavy atom. The Kier molecular flexibility index (Phi) is 3.92. The first-order valence-corrected chi connectivity index (χ1v) is 4.66. The molecule has 0 saturated heterocycles. The molecule has 0 saturated carbocycles. The van der Waals surface area contributed by atoms with Crippen molar-refractivity contribution in [1.82, 2.24) is 0 Å². The molecule has 2 nitrogen and oxygen atoms in total. The molecule has 0 heterocycles. The number of carbonyl (C=O) groups excluding carboxylic acids is 1. The van der Waals surface area contributed by atoms with Crippen LogP contribution in [0.25, 0.3) is 0 Å². The summed E-state index contributed by atoms with van der Waals surface area (Å²) in [6.45, 7) is 5.43. The summed E-state index contributed by atoms with van der Waals surface area (Å²) in [4.78, 5) is 11.0. The summed E-state index contributed by atoms with van der Waals surface area (Å²) >= 11 is 0. The van der Waals surface area contributed by atoms with Gasteiger partial charge in [0.05, 0.1) is 0 Å². The maximum atomic E-state index is 11.0. The van der Waals surface area contributed by atoms with Crippen LogP contribution in [0.3, 0.4) is 0 Å². The van der Waals surface area contributed by atoms with E-state index in [4.69, 9.17) is 4.74 Å². The van der Waals surface area contributed by atoms with Crippen LogP contribution in [0.5, 0.6) is 5.75 Å². The van der Waals surface area contributed by atoms with Gasteiger partial charge < -0.3 is 4.74 Å². The van der Waals surface area contributed by atoms with Crippen LogP contribution in [0.15, 0.2) is 36.9 Å². The van der Waals surface area contributed by atoms with Crippen LogP contribution in [0.4, 0.5) is 0 Å². The Hall–Kier alpha value is -1.57. The lowest BCUT2D eigenvalue weighted by atomic mass is 10.1. The van der Waals surface area contributed by atoms with Crippen LogP contribution in [-0.4, -0.2) is 5.97 Å². The number of hydrogen-bond acceptors (Lipinski definition) is 2. The average Bonchev–Trinajstić information content (AvgIpc) is 2.19. The minimum absolute atomic E-state index is 0.208. The average molecular weight is 190 g/mol. The quantitative estimate of drug-likeness (QED) is 0.414. The van der Waals surface area contributed by atoms with Crippen LogP contribution >= 0.6 is 0 Å². The first kappa shape index (κ1) is 10.5. The molecule has 0 bridgehead atoms. The van der Waals surface area contributed by atoms with Gasteiger partial charge in [-0.15, -0.1) is 6.58 Å². The van der Waals surface area contributed by atoms with Gasteiger partial charge in [0.2, 0.25) is 0 Å². The second-order valence-electron chi connectivity index (χ2n) is 2.97. The lowest BCUT2D eigenvalue weighted by Crippen LogP contribution is -2.05. The molecule has 1 aromatic carbocycles. The first-order chi connectivity index (χ1) is 6.76. The van der Waals surface area contributed by atoms with Crippen LogP contribution < -0.4 is 4.74 Å². The largest absolute Gasteiger partial charge is 0.427 e. The maximum Gasteiger partial charge on any atom is 0.310 e. The molecule has 0 radical (unpaired) electrons. The molecule has 1 aromatic rings. The predicted molar refractivity (Wildman–Crippen MR) is 56.3 cm³/mol. The van der Waals surface area contributed by atoms with E-state index in [-0.39, 0.29) is 5.97 Å². The zero-order valence-electron chi connectivity index (χ0n) is 8.32. The van der Waals surface area contributed by atoms with Crippen molar-refractivity contribution in [3.05, 3.63) is 42.5 Å². The summed E-state index contributed by atoms with van der Waals surface area (Å²) in [6.07, 6.45) is 3.00. The van der Waals surface area contributed by atoms with Crippen molar-refractivity contribution in [2.45, 2.75) is 19.8 Å². The lowest BCUT2D eigenvalue weighted by Gasteiger charge is -2.03. The summed E-state index contributed by atoms with van der Waals surface area (Å²) in [5.74, 6) is 0.400. The fourth-order valence-electron chi connectivity index (χ4n) is 1.11. The molecule has 0 aliphatic heterocycles. The molecule has 0 atom stereocenters. The maximum absolute atomic E-state index is 11.0. The van der Waals surface area contributed by atoms with E-state index in [2.05, 4.69) is 6.58 Å². The fraction of sp³-hybridized carbons (Fsp3) is 0.250. The van der Waals surface area contributed by atoms with Crippen molar-refractivity contribution in [3.8, 4) is 5.75 Å². The zero-order chi connectivity index (χ0) is 10.4. The zero-order valence-corrected chi connectivity index (χ0v) is 8.32. The molecular weight excluding hydrogens is 176 g/mol. The van der Waals surface area contributed by atoms with Gasteiger partial charge in [0.1, 0.15) is 5.75 Å². The highest BCUT2D eigenvalue weighted by atomic mass is 16.5. The molecule has 14 heavy (non-hydrogen) atoms. The van der Waals surface area contributed by atoms with Crippen LogP contribution in [0.1, 0.15) is 18.9 Å². The van der Waals surface area contributed by atoms with Crippen LogP contribution in [0.2, 0.25) is 0 Å². The standard InChI is InChI=1S/C12H14O2/c1-3-6-10-7-5-8-11(9-10)14-12(13)4-2/h3,5,7-9H,1,4,6H2,2H3. The number of benzene rings is 1. The highest BCUT2D eigenvalue weighted by Crippen LogP contribution is 2.14. The molecule has 2 heteroatoms. The van der Waals surface area contributed by atoms with Gasteiger partial charge in [-0.3, -0.25) is 4.79 Å². The van der Waals surface area contributed by atoms with Gasteiger partial charge in [-0.25, -0.2) is 0 Å². The SMILES string of the molecule is C=CCc1cccc(OC(=O)CC)c1. The summed E-state index contributed by atoms with van der Waals surface area (Å²) in [7, 11) is 0. The van der Waals surface area contributed by atoms with Crippen LogP contribution in [0, 0.1) is 0 Å². The van der Waals surface area contributed by atoms with Crippen molar-refractivity contribution in [3.63, 3.8) is 0 Å². The van der Waals surface area contributed by atoms with E-state index in [9.17, 15) is 4.79 Å². The molecule has 1 rings (SSSR count). The Morgan fingerprint density at radius 2 is 2.36 bits per heavy atom. The van der Waals surface area contributed by atoms with E-state index in [0.29, 0.717) is 12.2 Å². The minimum Gasteiger partial charge on any atom is -0.427 e. The Balaban J connectivity index is 2.72. The van der Waals surface area contributed by atoms with E-state index < -0.39 is 0 Å². The summed E-state index contributed by atoms with van der Waals surface area (Å²) in [6, 6.07) is 7.48. The first-order valence-electron chi connectivity index (χ1n) is 4.66. The lowest BCUT2D eigenvalue weighted by molar-refractivity contribution is -0.134. The third-order valence-corrected chi connectivity index (χ3v) is 1.80. The Bertz CT molecular complexity index is 329. The van der Waals surface area contributed by atoms with Gasteiger partial charge in [-0.1, -0.05) is 25.1 Å². The molecule has 0 N–H and O–H groups in total. The normalized spacial score (nSPS) is 9.50. The highest BCUT2D eigenvalue weighted by molar-refractivity contribution is 5.71.